The number of thioether (sulfide) groups is 1. The highest BCUT2D eigenvalue weighted by atomic mass is 32.2. The molecule has 0 aliphatic heterocycles. The van der Waals surface area contributed by atoms with Crippen LogP contribution in [0.25, 0.3) is 15.9 Å². The standard InChI is InChI=1S/C26H27N3O2S2/c1-5-9-21-18(4)23-24(33-21)28-26(29(25(23)31)19-10-7-6-8-11-19)32-15-22(30)27-20-14-16(2)12-13-17(20)3/h6-8,10-14H,5,9,15H2,1-4H3,(H,27,30). The van der Waals surface area contributed by atoms with Crippen LogP contribution in [0.5, 0.6) is 0 Å². The molecule has 0 fully saturated rings. The van der Waals surface area contributed by atoms with Gasteiger partial charge in [0, 0.05) is 10.6 Å². The number of benzene rings is 2. The number of nitrogens with one attached hydrogen (secondary N) is 1. The van der Waals surface area contributed by atoms with Crippen LogP contribution in [0, 0.1) is 20.8 Å². The Bertz CT molecular complexity index is 1370. The molecule has 2 aromatic carbocycles. The zero-order chi connectivity index (χ0) is 23.5. The second-order valence-electron chi connectivity index (χ2n) is 8.11. The quantitative estimate of drug-likeness (QED) is 0.260. The normalized spacial score (nSPS) is 11.2. The summed E-state index contributed by atoms with van der Waals surface area (Å²) >= 11 is 2.87. The summed E-state index contributed by atoms with van der Waals surface area (Å²) in [5.41, 5.74) is 4.59. The monoisotopic (exact) mass is 477 g/mol. The average Bonchev–Trinajstić information content (AvgIpc) is 3.11. The molecule has 0 unspecified atom stereocenters. The van der Waals surface area contributed by atoms with E-state index in [-0.39, 0.29) is 17.2 Å². The lowest BCUT2D eigenvalue weighted by Crippen LogP contribution is -2.23. The van der Waals surface area contributed by atoms with Crippen molar-refractivity contribution >= 4 is 44.9 Å². The number of thiophene rings is 1. The van der Waals surface area contributed by atoms with Crippen LogP contribution in [0.2, 0.25) is 0 Å². The highest BCUT2D eigenvalue weighted by Gasteiger charge is 2.20. The molecule has 0 bridgehead atoms. The van der Waals surface area contributed by atoms with Gasteiger partial charge in [-0.05, 0) is 62.1 Å². The van der Waals surface area contributed by atoms with Crippen molar-refractivity contribution in [3.05, 3.63) is 80.5 Å². The maximum absolute atomic E-state index is 13.6. The van der Waals surface area contributed by atoms with Gasteiger partial charge in [0.05, 0.1) is 16.8 Å². The lowest BCUT2D eigenvalue weighted by atomic mass is 10.1. The van der Waals surface area contributed by atoms with Crippen LogP contribution in [0.3, 0.4) is 0 Å². The summed E-state index contributed by atoms with van der Waals surface area (Å²) < 4.78 is 1.63. The van der Waals surface area contributed by atoms with Crippen molar-refractivity contribution < 1.29 is 4.79 Å². The zero-order valence-electron chi connectivity index (χ0n) is 19.3. The van der Waals surface area contributed by atoms with Gasteiger partial charge < -0.3 is 5.32 Å². The zero-order valence-corrected chi connectivity index (χ0v) is 20.9. The molecule has 0 aliphatic rings. The average molecular weight is 478 g/mol. The molecule has 0 atom stereocenters. The van der Waals surface area contributed by atoms with Gasteiger partial charge in [0.25, 0.3) is 5.56 Å². The number of aromatic nitrogens is 2. The van der Waals surface area contributed by atoms with E-state index < -0.39 is 0 Å². The summed E-state index contributed by atoms with van der Waals surface area (Å²) in [6.07, 6.45) is 1.94. The van der Waals surface area contributed by atoms with Crippen LogP contribution in [0.4, 0.5) is 5.69 Å². The summed E-state index contributed by atoms with van der Waals surface area (Å²) in [5, 5.41) is 4.19. The third-order valence-corrected chi connectivity index (χ3v) is 7.71. The Hall–Kier alpha value is -2.90. The van der Waals surface area contributed by atoms with Crippen molar-refractivity contribution in [3.8, 4) is 5.69 Å². The van der Waals surface area contributed by atoms with Gasteiger partial charge in [-0.15, -0.1) is 11.3 Å². The van der Waals surface area contributed by atoms with Crippen molar-refractivity contribution in [2.24, 2.45) is 0 Å². The number of aryl methyl sites for hydroxylation is 4. The molecular formula is C26H27N3O2S2. The van der Waals surface area contributed by atoms with E-state index in [4.69, 9.17) is 4.98 Å². The Balaban J connectivity index is 1.70. The van der Waals surface area contributed by atoms with E-state index in [2.05, 4.69) is 12.2 Å². The molecule has 1 N–H and O–H groups in total. The van der Waals surface area contributed by atoms with Gasteiger partial charge in [-0.25, -0.2) is 4.98 Å². The first-order valence-electron chi connectivity index (χ1n) is 11.0. The summed E-state index contributed by atoms with van der Waals surface area (Å²) in [6, 6.07) is 15.5. The van der Waals surface area contributed by atoms with Crippen LogP contribution in [-0.4, -0.2) is 21.2 Å². The van der Waals surface area contributed by atoms with Crippen LogP contribution < -0.4 is 10.9 Å². The largest absolute Gasteiger partial charge is 0.325 e. The molecular weight excluding hydrogens is 450 g/mol. The highest BCUT2D eigenvalue weighted by Crippen LogP contribution is 2.31. The molecule has 170 valence electrons. The number of carbonyl (C=O) groups is 1. The maximum atomic E-state index is 13.6. The molecule has 33 heavy (non-hydrogen) atoms. The topological polar surface area (TPSA) is 64.0 Å². The number of rotatable bonds is 7. The number of hydrogen-bond acceptors (Lipinski definition) is 5. The number of carbonyl (C=O) groups excluding carboxylic acids is 1. The van der Waals surface area contributed by atoms with Crippen molar-refractivity contribution in [3.63, 3.8) is 0 Å². The van der Waals surface area contributed by atoms with Crippen molar-refractivity contribution in [2.45, 2.75) is 45.7 Å². The minimum absolute atomic E-state index is 0.0836. The number of para-hydroxylation sites is 1. The van der Waals surface area contributed by atoms with Gasteiger partial charge in [0.2, 0.25) is 5.91 Å². The summed E-state index contributed by atoms with van der Waals surface area (Å²) in [6.45, 7) is 8.11. The smallest absolute Gasteiger partial charge is 0.267 e. The van der Waals surface area contributed by atoms with E-state index >= 15 is 0 Å². The minimum atomic E-state index is -0.128. The molecule has 2 aromatic heterocycles. The van der Waals surface area contributed by atoms with Crippen LogP contribution in [0.1, 0.15) is 34.9 Å². The van der Waals surface area contributed by atoms with Gasteiger partial charge in [0.1, 0.15) is 4.83 Å². The minimum Gasteiger partial charge on any atom is -0.325 e. The number of amides is 1. The van der Waals surface area contributed by atoms with Crippen LogP contribution >= 0.6 is 23.1 Å². The van der Waals surface area contributed by atoms with Crippen molar-refractivity contribution in [1.82, 2.24) is 9.55 Å². The molecule has 4 rings (SSSR count). The Labute approximate surface area is 201 Å². The number of fused-ring (bicyclic) bond motifs is 1. The van der Waals surface area contributed by atoms with Crippen molar-refractivity contribution in [1.29, 1.82) is 0 Å². The molecule has 4 aromatic rings. The molecule has 0 saturated carbocycles. The molecule has 5 nitrogen and oxygen atoms in total. The van der Waals surface area contributed by atoms with E-state index in [1.807, 2.05) is 69.3 Å². The molecule has 7 heteroatoms. The Kier molecular flexibility index (Phi) is 7.00. The Morgan fingerprint density at radius 2 is 1.88 bits per heavy atom. The van der Waals surface area contributed by atoms with Gasteiger partial charge in [-0.2, -0.15) is 0 Å². The van der Waals surface area contributed by atoms with Gasteiger partial charge in [0.15, 0.2) is 5.16 Å². The SMILES string of the molecule is CCCc1sc2nc(SCC(=O)Nc3cc(C)ccc3C)n(-c3ccccc3)c(=O)c2c1C. The van der Waals surface area contributed by atoms with Gasteiger partial charge >= 0.3 is 0 Å². The summed E-state index contributed by atoms with van der Waals surface area (Å²) in [7, 11) is 0. The van der Waals surface area contributed by atoms with Crippen molar-refractivity contribution in [2.75, 3.05) is 11.1 Å². The third kappa shape index (κ3) is 4.89. The van der Waals surface area contributed by atoms with E-state index in [0.717, 1.165) is 45.7 Å². The lowest BCUT2D eigenvalue weighted by Gasteiger charge is -2.13. The van der Waals surface area contributed by atoms with Gasteiger partial charge in [-0.3, -0.25) is 14.2 Å². The number of anilines is 1. The van der Waals surface area contributed by atoms with E-state index in [0.29, 0.717) is 10.5 Å². The summed E-state index contributed by atoms with van der Waals surface area (Å²) in [5.74, 6) is 0.0290. The Morgan fingerprint density at radius 3 is 2.61 bits per heavy atom. The number of nitrogens with zero attached hydrogens (tertiary/aromatic N) is 2. The first kappa shape index (κ1) is 23.3. The fraction of sp³-hybridized carbons (Fsp3) is 0.269. The molecule has 0 radical (unpaired) electrons. The lowest BCUT2D eigenvalue weighted by molar-refractivity contribution is -0.113. The maximum Gasteiger partial charge on any atom is 0.267 e. The highest BCUT2D eigenvalue weighted by molar-refractivity contribution is 7.99. The fourth-order valence-electron chi connectivity index (χ4n) is 3.76. The molecule has 0 aliphatic carbocycles. The molecule has 1 amide bonds. The third-order valence-electron chi connectivity index (χ3n) is 5.52. The predicted molar refractivity (Wildman–Crippen MR) is 139 cm³/mol. The van der Waals surface area contributed by atoms with E-state index in [9.17, 15) is 9.59 Å². The van der Waals surface area contributed by atoms with Crippen LogP contribution in [0.15, 0.2) is 58.5 Å². The fourth-order valence-corrected chi connectivity index (χ4v) is 5.90. The second kappa shape index (κ2) is 9.93. The van der Waals surface area contributed by atoms with E-state index in [1.165, 1.54) is 16.6 Å². The first-order chi connectivity index (χ1) is 15.9. The second-order valence-corrected chi connectivity index (χ2v) is 10.1. The first-order valence-corrected chi connectivity index (χ1v) is 12.8. The summed E-state index contributed by atoms with van der Waals surface area (Å²) in [4.78, 5) is 33.2. The van der Waals surface area contributed by atoms with Crippen LogP contribution in [-0.2, 0) is 11.2 Å². The molecule has 2 heterocycles. The van der Waals surface area contributed by atoms with E-state index in [1.54, 1.807) is 15.9 Å². The molecule has 0 saturated heterocycles. The number of hydrogen-bond donors (Lipinski definition) is 1. The Morgan fingerprint density at radius 1 is 1.12 bits per heavy atom. The predicted octanol–water partition coefficient (Wildman–Crippen LogP) is 6.06. The van der Waals surface area contributed by atoms with Gasteiger partial charge in [-0.1, -0.05) is 55.4 Å². The molecule has 0 spiro atoms.